The van der Waals surface area contributed by atoms with Crippen LogP contribution >= 0.6 is 15.9 Å². The number of carbonyl (C=O) groups is 1. The number of nitrogens with one attached hydrogen (secondary N) is 1. The molecular weight excluding hydrogens is 324 g/mol. The summed E-state index contributed by atoms with van der Waals surface area (Å²) in [5.74, 6) is -1.11. The van der Waals surface area contributed by atoms with Gasteiger partial charge in [-0.3, -0.25) is 4.79 Å². The first-order chi connectivity index (χ1) is 9.56. The highest BCUT2D eigenvalue weighted by Gasteiger charge is 2.07. The number of hydrogen-bond donors (Lipinski definition) is 3. The molecule has 0 fully saturated rings. The summed E-state index contributed by atoms with van der Waals surface area (Å²) in [4.78, 5) is 11.7. The quantitative estimate of drug-likeness (QED) is 0.458. The molecule has 3 N–H and O–H groups in total. The summed E-state index contributed by atoms with van der Waals surface area (Å²) in [6.07, 6.45) is 1.50. The fraction of sp³-hybridized carbons (Fsp3) is 0. The lowest BCUT2D eigenvalue weighted by Gasteiger charge is -2.02. The van der Waals surface area contributed by atoms with Crippen molar-refractivity contribution in [1.82, 2.24) is 5.43 Å². The number of rotatable bonds is 3. The molecule has 0 bridgehead atoms. The molecule has 0 spiro atoms. The Labute approximate surface area is 123 Å². The smallest absolute Gasteiger partial charge is 0.271 e. The summed E-state index contributed by atoms with van der Waals surface area (Å²) >= 11 is 3.32. The molecule has 102 valence electrons. The lowest BCUT2D eigenvalue weighted by atomic mass is 10.2. The molecule has 0 aliphatic carbocycles. The zero-order valence-corrected chi connectivity index (χ0v) is 11.8. The molecule has 2 aromatic carbocycles. The molecule has 20 heavy (non-hydrogen) atoms. The largest absolute Gasteiger partial charge is 0.504 e. The summed E-state index contributed by atoms with van der Waals surface area (Å²) in [7, 11) is 0. The predicted molar refractivity (Wildman–Crippen MR) is 79.0 cm³/mol. The van der Waals surface area contributed by atoms with Crippen LogP contribution in [0.25, 0.3) is 0 Å². The lowest BCUT2D eigenvalue weighted by Crippen LogP contribution is -2.17. The maximum absolute atomic E-state index is 11.7. The highest BCUT2D eigenvalue weighted by Crippen LogP contribution is 2.24. The number of nitrogens with zero attached hydrogens (tertiary/aromatic N) is 1. The van der Waals surface area contributed by atoms with Crippen LogP contribution in [0.5, 0.6) is 11.5 Å². The summed E-state index contributed by atoms with van der Waals surface area (Å²) in [5, 5.41) is 22.3. The molecule has 0 aliphatic rings. The van der Waals surface area contributed by atoms with Crippen LogP contribution in [0, 0.1) is 0 Å². The molecule has 5 nitrogen and oxygen atoms in total. The minimum Gasteiger partial charge on any atom is -0.504 e. The number of phenols is 2. The van der Waals surface area contributed by atoms with E-state index < -0.39 is 5.91 Å². The van der Waals surface area contributed by atoms with E-state index in [0.29, 0.717) is 0 Å². The van der Waals surface area contributed by atoms with Crippen LogP contribution in [0.15, 0.2) is 52.0 Å². The Morgan fingerprint density at radius 3 is 2.45 bits per heavy atom. The molecule has 0 aromatic heterocycles. The van der Waals surface area contributed by atoms with Gasteiger partial charge in [0, 0.05) is 10.0 Å². The number of carbonyl (C=O) groups excluding carboxylic acids is 1. The first kappa shape index (κ1) is 14.1. The van der Waals surface area contributed by atoms with E-state index in [0.717, 1.165) is 10.0 Å². The Morgan fingerprint density at radius 2 is 1.80 bits per heavy atom. The molecular formula is C14H11BrN2O3. The van der Waals surface area contributed by atoms with Crippen molar-refractivity contribution in [3.05, 3.63) is 58.1 Å². The van der Waals surface area contributed by atoms with E-state index in [2.05, 4.69) is 26.5 Å². The predicted octanol–water partition coefficient (Wildman–Crippen LogP) is 2.62. The van der Waals surface area contributed by atoms with E-state index in [1.807, 2.05) is 24.3 Å². The molecule has 0 unspecified atom stereocenters. The number of hydrazone groups is 1. The van der Waals surface area contributed by atoms with Gasteiger partial charge in [0.25, 0.3) is 5.91 Å². The average molecular weight is 335 g/mol. The van der Waals surface area contributed by atoms with E-state index in [1.165, 1.54) is 24.4 Å². The lowest BCUT2D eigenvalue weighted by molar-refractivity contribution is 0.0954. The molecule has 0 heterocycles. The van der Waals surface area contributed by atoms with Gasteiger partial charge < -0.3 is 10.2 Å². The third-order valence-corrected chi connectivity index (χ3v) is 3.02. The minimum absolute atomic E-state index is 0.202. The molecule has 6 heteroatoms. The molecule has 1 amide bonds. The zero-order valence-electron chi connectivity index (χ0n) is 10.2. The Kier molecular flexibility index (Phi) is 4.37. The van der Waals surface area contributed by atoms with Crippen molar-refractivity contribution in [3.63, 3.8) is 0 Å². The molecule has 2 rings (SSSR count). The third-order valence-electron chi connectivity index (χ3n) is 2.49. The standard InChI is InChI=1S/C14H11BrN2O3/c15-11-4-1-9(2-5-11)8-16-17-14(20)10-3-6-12(18)13(19)7-10/h1-8,18-19H,(H,17,20)/b16-8+. The first-order valence-electron chi connectivity index (χ1n) is 5.67. The average Bonchev–Trinajstić information content (AvgIpc) is 2.44. The summed E-state index contributed by atoms with van der Waals surface area (Å²) < 4.78 is 0.957. The van der Waals surface area contributed by atoms with Crippen molar-refractivity contribution in [2.24, 2.45) is 5.10 Å². The van der Waals surface area contributed by atoms with Crippen molar-refractivity contribution in [2.45, 2.75) is 0 Å². The molecule has 0 aliphatic heterocycles. The van der Waals surface area contributed by atoms with Crippen LogP contribution in [0.4, 0.5) is 0 Å². The van der Waals surface area contributed by atoms with Gasteiger partial charge in [-0.2, -0.15) is 5.10 Å². The molecule has 2 aromatic rings. The number of phenolic OH excluding ortho intramolecular Hbond substituents is 2. The van der Waals surface area contributed by atoms with Gasteiger partial charge in [-0.15, -0.1) is 0 Å². The number of benzene rings is 2. The zero-order chi connectivity index (χ0) is 14.5. The van der Waals surface area contributed by atoms with Crippen LogP contribution in [-0.4, -0.2) is 22.3 Å². The fourth-order valence-electron chi connectivity index (χ4n) is 1.44. The molecule has 0 saturated heterocycles. The second-order valence-corrected chi connectivity index (χ2v) is 4.87. The van der Waals surface area contributed by atoms with E-state index in [-0.39, 0.29) is 17.1 Å². The summed E-state index contributed by atoms with van der Waals surface area (Å²) in [5.41, 5.74) is 3.37. The van der Waals surface area contributed by atoms with E-state index in [1.54, 1.807) is 0 Å². The van der Waals surface area contributed by atoms with Gasteiger partial charge in [-0.25, -0.2) is 5.43 Å². The highest BCUT2D eigenvalue weighted by molar-refractivity contribution is 9.10. The summed E-state index contributed by atoms with van der Waals surface area (Å²) in [6, 6.07) is 11.2. The monoisotopic (exact) mass is 334 g/mol. The Balaban J connectivity index is 2.01. The van der Waals surface area contributed by atoms with E-state index >= 15 is 0 Å². The van der Waals surface area contributed by atoms with E-state index in [4.69, 9.17) is 5.11 Å². The number of amides is 1. The van der Waals surface area contributed by atoms with Crippen LogP contribution in [0.2, 0.25) is 0 Å². The van der Waals surface area contributed by atoms with Crippen molar-refractivity contribution in [1.29, 1.82) is 0 Å². The van der Waals surface area contributed by atoms with Crippen LogP contribution < -0.4 is 5.43 Å². The second-order valence-electron chi connectivity index (χ2n) is 3.95. The van der Waals surface area contributed by atoms with Crippen molar-refractivity contribution >= 4 is 28.1 Å². The first-order valence-corrected chi connectivity index (χ1v) is 6.46. The van der Waals surface area contributed by atoms with Crippen LogP contribution in [-0.2, 0) is 0 Å². The van der Waals surface area contributed by atoms with Gasteiger partial charge in [0.1, 0.15) is 0 Å². The van der Waals surface area contributed by atoms with Crippen LogP contribution in [0.1, 0.15) is 15.9 Å². The topological polar surface area (TPSA) is 81.9 Å². The third kappa shape index (κ3) is 3.58. The Hall–Kier alpha value is -2.34. The number of hydrogen-bond acceptors (Lipinski definition) is 4. The second kappa shape index (κ2) is 6.21. The molecule has 0 radical (unpaired) electrons. The van der Waals surface area contributed by atoms with Gasteiger partial charge in [-0.05, 0) is 35.9 Å². The Bertz CT molecular complexity index is 654. The fourth-order valence-corrected chi connectivity index (χ4v) is 1.71. The maximum atomic E-state index is 11.7. The SMILES string of the molecule is O=C(N/N=C/c1ccc(Br)cc1)c1ccc(O)c(O)c1. The van der Waals surface area contributed by atoms with Gasteiger partial charge in [0.2, 0.25) is 0 Å². The molecule has 0 saturated carbocycles. The van der Waals surface area contributed by atoms with Crippen molar-refractivity contribution in [3.8, 4) is 11.5 Å². The van der Waals surface area contributed by atoms with Gasteiger partial charge in [0.05, 0.1) is 6.21 Å². The number of halogens is 1. The molecule has 0 atom stereocenters. The van der Waals surface area contributed by atoms with Crippen LogP contribution in [0.3, 0.4) is 0 Å². The van der Waals surface area contributed by atoms with E-state index in [9.17, 15) is 9.90 Å². The van der Waals surface area contributed by atoms with Gasteiger partial charge in [-0.1, -0.05) is 28.1 Å². The van der Waals surface area contributed by atoms with Crippen molar-refractivity contribution < 1.29 is 15.0 Å². The van der Waals surface area contributed by atoms with Crippen molar-refractivity contribution in [2.75, 3.05) is 0 Å². The number of aromatic hydroxyl groups is 2. The van der Waals surface area contributed by atoms with Gasteiger partial charge >= 0.3 is 0 Å². The Morgan fingerprint density at radius 1 is 1.10 bits per heavy atom. The minimum atomic E-state index is -0.478. The maximum Gasteiger partial charge on any atom is 0.271 e. The summed E-state index contributed by atoms with van der Waals surface area (Å²) in [6.45, 7) is 0. The van der Waals surface area contributed by atoms with Gasteiger partial charge in [0.15, 0.2) is 11.5 Å². The normalized spacial score (nSPS) is 10.7. The highest BCUT2D eigenvalue weighted by atomic mass is 79.9.